The number of pyridine rings is 1. The van der Waals surface area contributed by atoms with E-state index in [1.165, 1.54) is 6.07 Å². The molecule has 0 saturated heterocycles. The molecule has 1 aromatic rings. The predicted molar refractivity (Wildman–Crippen MR) is 68.2 cm³/mol. The van der Waals surface area contributed by atoms with Gasteiger partial charge in [-0.2, -0.15) is 0 Å². The minimum absolute atomic E-state index is 0.0416. The number of carbonyl (C=O) groups is 1. The van der Waals surface area contributed by atoms with Crippen LogP contribution in [0.15, 0.2) is 23.1 Å². The lowest BCUT2D eigenvalue weighted by Crippen LogP contribution is -2.22. The standard InChI is InChI=1S/C12H19N3O2/c1-3-8-15-9-10(4-5-12(15)17)14-11(16)6-7-13-2/h4-5,9,13H,3,6-8H2,1-2H3,(H,14,16). The van der Waals surface area contributed by atoms with Crippen molar-refractivity contribution in [3.63, 3.8) is 0 Å². The summed E-state index contributed by atoms with van der Waals surface area (Å²) in [4.78, 5) is 22.9. The van der Waals surface area contributed by atoms with Crippen LogP contribution in [0.4, 0.5) is 5.69 Å². The Hall–Kier alpha value is -1.62. The monoisotopic (exact) mass is 237 g/mol. The van der Waals surface area contributed by atoms with Crippen LogP contribution in [-0.2, 0) is 11.3 Å². The molecule has 0 radical (unpaired) electrons. The number of aromatic nitrogens is 1. The van der Waals surface area contributed by atoms with Crippen molar-refractivity contribution < 1.29 is 4.79 Å². The van der Waals surface area contributed by atoms with Crippen molar-refractivity contribution in [2.75, 3.05) is 18.9 Å². The van der Waals surface area contributed by atoms with Crippen LogP contribution in [0, 0.1) is 0 Å². The van der Waals surface area contributed by atoms with Crippen molar-refractivity contribution in [2.45, 2.75) is 26.3 Å². The zero-order valence-electron chi connectivity index (χ0n) is 10.3. The van der Waals surface area contributed by atoms with Gasteiger partial charge in [-0.1, -0.05) is 6.92 Å². The first-order valence-corrected chi connectivity index (χ1v) is 5.82. The van der Waals surface area contributed by atoms with Gasteiger partial charge in [0.25, 0.3) is 5.56 Å². The van der Waals surface area contributed by atoms with Gasteiger partial charge in [0.1, 0.15) is 0 Å². The molecule has 5 heteroatoms. The van der Waals surface area contributed by atoms with Gasteiger partial charge in [0.15, 0.2) is 0 Å². The maximum absolute atomic E-state index is 11.5. The highest BCUT2D eigenvalue weighted by atomic mass is 16.1. The number of aryl methyl sites for hydroxylation is 1. The largest absolute Gasteiger partial charge is 0.325 e. The third-order valence-electron chi connectivity index (χ3n) is 2.33. The maximum atomic E-state index is 11.5. The Morgan fingerprint density at radius 1 is 1.41 bits per heavy atom. The van der Waals surface area contributed by atoms with Gasteiger partial charge in [-0.15, -0.1) is 0 Å². The molecule has 0 unspecified atom stereocenters. The number of anilines is 1. The molecule has 0 aromatic carbocycles. The van der Waals surface area contributed by atoms with E-state index in [0.29, 0.717) is 25.2 Å². The Morgan fingerprint density at radius 2 is 2.18 bits per heavy atom. The molecule has 0 aliphatic heterocycles. The molecule has 17 heavy (non-hydrogen) atoms. The topological polar surface area (TPSA) is 63.1 Å². The SMILES string of the molecule is CCCn1cc(NC(=O)CCNC)ccc1=O. The summed E-state index contributed by atoms with van der Waals surface area (Å²) in [5.74, 6) is -0.0546. The van der Waals surface area contributed by atoms with Crippen LogP contribution in [0.25, 0.3) is 0 Å². The van der Waals surface area contributed by atoms with Crippen LogP contribution in [0.1, 0.15) is 19.8 Å². The van der Waals surface area contributed by atoms with Gasteiger partial charge >= 0.3 is 0 Å². The lowest BCUT2D eigenvalue weighted by Gasteiger charge is -2.08. The maximum Gasteiger partial charge on any atom is 0.250 e. The van der Waals surface area contributed by atoms with Gasteiger partial charge in [0, 0.05) is 31.8 Å². The zero-order valence-corrected chi connectivity index (χ0v) is 10.3. The highest BCUT2D eigenvalue weighted by Crippen LogP contribution is 2.04. The summed E-state index contributed by atoms with van der Waals surface area (Å²) in [7, 11) is 1.80. The number of hydrogen-bond acceptors (Lipinski definition) is 3. The van der Waals surface area contributed by atoms with Gasteiger partial charge in [0.05, 0.1) is 5.69 Å². The molecule has 0 fully saturated rings. The Labute approximate surface area is 101 Å². The van der Waals surface area contributed by atoms with E-state index >= 15 is 0 Å². The molecule has 1 aromatic heterocycles. The van der Waals surface area contributed by atoms with Crippen LogP contribution >= 0.6 is 0 Å². The Kier molecular flexibility index (Phi) is 5.42. The molecule has 0 aliphatic rings. The van der Waals surface area contributed by atoms with Crippen LogP contribution in [0.5, 0.6) is 0 Å². The van der Waals surface area contributed by atoms with Crippen molar-refractivity contribution in [2.24, 2.45) is 0 Å². The van der Waals surface area contributed by atoms with E-state index in [4.69, 9.17) is 0 Å². The van der Waals surface area contributed by atoms with Crippen LogP contribution in [-0.4, -0.2) is 24.1 Å². The minimum Gasteiger partial charge on any atom is -0.325 e. The molecule has 94 valence electrons. The van der Waals surface area contributed by atoms with Crippen LogP contribution in [0.3, 0.4) is 0 Å². The molecule has 0 atom stereocenters. The van der Waals surface area contributed by atoms with Crippen molar-refractivity contribution in [1.82, 2.24) is 9.88 Å². The van der Waals surface area contributed by atoms with Crippen LogP contribution < -0.4 is 16.2 Å². The molecule has 0 spiro atoms. The predicted octanol–water partition coefficient (Wildman–Crippen LogP) is 0.806. The van der Waals surface area contributed by atoms with Crippen molar-refractivity contribution in [3.8, 4) is 0 Å². The van der Waals surface area contributed by atoms with Crippen molar-refractivity contribution in [3.05, 3.63) is 28.7 Å². The quantitative estimate of drug-likeness (QED) is 0.769. The number of carbonyl (C=O) groups excluding carboxylic acids is 1. The fraction of sp³-hybridized carbons (Fsp3) is 0.500. The normalized spacial score (nSPS) is 10.2. The molecule has 0 bridgehead atoms. The smallest absolute Gasteiger partial charge is 0.250 e. The Morgan fingerprint density at radius 3 is 2.82 bits per heavy atom. The lowest BCUT2D eigenvalue weighted by atomic mass is 10.3. The number of hydrogen-bond donors (Lipinski definition) is 2. The molecular formula is C12H19N3O2. The molecule has 0 aliphatic carbocycles. The molecule has 2 N–H and O–H groups in total. The van der Waals surface area contributed by atoms with Crippen LogP contribution in [0.2, 0.25) is 0 Å². The fourth-order valence-electron chi connectivity index (χ4n) is 1.48. The van der Waals surface area contributed by atoms with E-state index in [0.717, 1.165) is 6.42 Å². The first-order valence-electron chi connectivity index (χ1n) is 5.82. The number of nitrogens with zero attached hydrogens (tertiary/aromatic N) is 1. The number of nitrogens with one attached hydrogen (secondary N) is 2. The van der Waals surface area contributed by atoms with Gasteiger partial charge < -0.3 is 15.2 Å². The van der Waals surface area contributed by atoms with E-state index in [1.807, 2.05) is 6.92 Å². The summed E-state index contributed by atoms with van der Waals surface area (Å²) >= 11 is 0. The Balaban J connectivity index is 2.68. The highest BCUT2D eigenvalue weighted by Gasteiger charge is 2.03. The lowest BCUT2D eigenvalue weighted by molar-refractivity contribution is -0.116. The second kappa shape index (κ2) is 6.85. The molecule has 1 rings (SSSR count). The highest BCUT2D eigenvalue weighted by molar-refractivity contribution is 5.90. The first-order chi connectivity index (χ1) is 8.17. The Bertz CT molecular complexity index is 426. The second-order valence-electron chi connectivity index (χ2n) is 3.85. The van der Waals surface area contributed by atoms with Gasteiger partial charge in [0.2, 0.25) is 5.91 Å². The van der Waals surface area contributed by atoms with E-state index < -0.39 is 0 Å². The van der Waals surface area contributed by atoms with Gasteiger partial charge in [-0.25, -0.2) is 0 Å². The third kappa shape index (κ3) is 4.40. The molecule has 0 saturated carbocycles. The number of rotatable bonds is 6. The average Bonchev–Trinajstić information content (AvgIpc) is 2.31. The molecular weight excluding hydrogens is 218 g/mol. The number of amides is 1. The van der Waals surface area contributed by atoms with E-state index in [1.54, 1.807) is 23.9 Å². The fourth-order valence-corrected chi connectivity index (χ4v) is 1.48. The third-order valence-corrected chi connectivity index (χ3v) is 2.33. The first kappa shape index (κ1) is 13.4. The summed E-state index contributed by atoms with van der Waals surface area (Å²) in [6.45, 7) is 3.31. The summed E-state index contributed by atoms with van der Waals surface area (Å²) < 4.78 is 1.60. The van der Waals surface area contributed by atoms with Gasteiger partial charge in [-0.05, 0) is 19.5 Å². The summed E-state index contributed by atoms with van der Waals surface area (Å²) in [5, 5.41) is 5.67. The summed E-state index contributed by atoms with van der Waals surface area (Å²) in [5.41, 5.74) is 0.624. The molecule has 5 nitrogen and oxygen atoms in total. The van der Waals surface area contributed by atoms with E-state index in [2.05, 4.69) is 10.6 Å². The summed E-state index contributed by atoms with van der Waals surface area (Å²) in [6.07, 6.45) is 2.99. The van der Waals surface area contributed by atoms with Gasteiger partial charge in [-0.3, -0.25) is 9.59 Å². The minimum atomic E-state index is -0.0546. The molecule has 1 amide bonds. The van der Waals surface area contributed by atoms with Crippen molar-refractivity contribution >= 4 is 11.6 Å². The zero-order chi connectivity index (χ0) is 12.7. The van der Waals surface area contributed by atoms with E-state index in [-0.39, 0.29) is 11.5 Å². The van der Waals surface area contributed by atoms with Crippen molar-refractivity contribution in [1.29, 1.82) is 0 Å². The average molecular weight is 237 g/mol. The summed E-state index contributed by atoms with van der Waals surface area (Å²) in [6, 6.07) is 3.11. The molecule has 1 heterocycles. The van der Waals surface area contributed by atoms with E-state index in [9.17, 15) is 9.59 Å². The second-order valence-corrected chi connectivity index (χ2v) is 3.85.